The van der Waals surface area contributed by atoms with Crippen molar-refractivity contribution in [2.45, 2.75) is 6.61 Å². The normalized spacial score (nSPS) is 10.9. The SMILES string of the molecule is COc1cc(/C=N\n2cnnc2)c(Br)cc1OCc1ccccc1. The Hall–Kier alpha value is -2.67. The van der Waals surface area contributed by atoms with Gasteiger partial charge in [0.05, 0.1) is 13.3 Å². The Kier molecular flexibility index (Phi) is 5.22. The van der Waals surface area contributed by atoms with Gasteiger partial charge in [0.15, 0.2) is 11.5 Å². The van der Waals surface area contributed by atoms with Gasteiger partial charge < -0.3 is 9.47 Å². The average molecular weight is 387 g/mol. The van der Waals surface area contributed by atoms with Gasteiger partial charge in [0.2, 0.25) is 0 Å². The summed E-state index contributed by atoms with van der Waals surface area (Å²) in [6.07, 6.45) is 4.72. The van der Waals surface area contributed by atoms with Gasteiger partial charge in [0, 0.05) is 10.0 Å². The minimum Gasteiger partial charge on any atom is -0.493 e. The van der Waals surface area contributed by atoms with Crippen molar-refractivity contribution >= 4 is 22.1 Å². The summed E-state index contributed by atoms with van der Waals surface area (Å²) in [5.74, 6) is 1.30. The fourth-order valence-electron chi connectivity index (χ4n) is 2.04. The summed E-state index contributed by atoms with van der Waals surface area (Å²) in [5, 5.41) is 11.6. The number of methoxy groups -OCH3 is 1. The number of nitrogens with zero attached hydrogens (tertiary/aromatic N) is 4. The summed E-state index contributed by atoms with van der Waals surface area (Å²) in [5.41, 5.74) is 1.95. The maximum absolute atomic E-state index is 5.88. The second-order valence-electron chi connectivity index (χ2n) is 4.89. The van der Waals surface area contributed by atoms with Gasteiger partial charge in [0.1, 0.15) is 19.3 Å². The Morgan fingerprint density at radius 1 is 1.12 bits per heavy atom. The van der Waals surface area contributed by atoms with Crippen LogP contribution in [0.1, 0.15) is 11.1 Å². The first-order chi connectivity index (χ1) is 11.8. The van der Waals surface area contributed by atoms with Gasteiger partial charge in [-0.05, 0) is 33.6 Å². The van der Waals surface area contributed by atoms with Crippen molar-refractivity contribution in [3.05, 3.63) is 70.7 Å². The van der Waals surface area contributed by atoms with E-state index >= 15 is 0 Å². The lowest BCUT2D eigenvalue weighted by Crippen LogP contribution is -1.99. The number of benzene rings is 2. The molecule has 0 saturated heterocycles. The van der Waals surface area contributed by atoms with E-state index in [1.807, 2.05) is 42.5 Å². The standard InChI is InChI=1S/C17H15BrN4O2/c1-23-16-7-14(9-21-22-11-19-20-12-22)15(18)8-17(16)24-10-13-5-3-2-4-6-13/h2-9,11-12H,10H2,1H3/b21-9-. The summed E-state index contributed by atoms with van der Waals surface area (Å²) >= 11 is 3.53. The summed E-state index contributed by atoms with van der Waals surface area (Å²) in [4.78, 5) is 0. The van der Waals surface area contributed by atoms with Crippen LogP contribution in [0, 0.1) is 0 Å². The van der Waals surface area contributed by atoms with E-state index in [-0.39, 0.29) is 0 Å². The molecule has 0 unspecified atom stereocenters. The van der Waals surface area contributed by atoms with Crippen LogP contribution in [-0.2, 0) is 6.61 Å². The van der Waals surface area contributed by atoms with Gasteiger partial charge in [-0.1, -0.05) is 30.3 Å². The molecule has 2 aromatic carbocycles. The van der Waals surface area contributed by atoms with E-state index in [0.29, 0.717) is 18.1 Å². The van der Waals surface area contributed by atoms with Crippen molar-refractivity contribution in [1.29, 1.82) is 0 Å². The maximum atomic E-state index is 5.88. The smallest absolute Gasteiger partial charge is 0.162 e. The molecule has 0 saturated carbocycles. The van der Waals surface area contributed by atoms with Crippen molar-refractivity contribution in [1.82, 2.24) is 14.9 Å². The molecule has 6 nitrogen and oxygen atoms in total. The minimum atomic E-state index is 0.470. The first-order valence-electron chi connectivity index (χ1n) is 7.19. The van der Waals surface area contributed by atoms with E-state index in [4.69, 9.17) is 9.47 Å². The topological polar surface area (TPSA) is 61.5 Å². The quantitative estimate of drug-likeness (QED) is 0.608. The van der Waals surface area contributed by atoms with Crippen molar-refractivity contribution in [3.63, 3.8) is 0 Å². The average Bonchev–Trinajstić information content (AvgIpc) is 3.13. The van der Waals surface area contributed by atoms with Crippen LogP contribution in [0.15, 0.2) is 64.7 Å². The second-order valence-corrected chi connectivity index (χ2v) is 5.74. The highest BCUT2D eigenvalue weighted by atomic mass is 79.9. The van der Waals surface area contributed by atoms with Gasteiger partial charge in [-0.15, -0.1) is 10.2 Å². The predicted octanol–water partition coefficient (Wildman–Crippen LogP) is 3.51. The van der Waals surface area contributed by atoms with Gasteiger partial charge in [-0.3, -0.25) is 0 Å². The number of ether oxygens (including phenoxy) is 2. The molecule has 3 aromatic rings. The lowest BCUT2D eigenvalue weighted by atomic mass is 10.2. The first kappa shape index (κ1) is 16.2. The zero-order valence-corrected chi connectivity index (χ0v) is 14.5. The highest BCUT2D eigenvalue weighted by Crippen LogP contribution is 2.33. The molecular weight excluding hydrogens is 372 g/mol. The molecule has 0 aliphatic rings. The molecule has 7 heteroatoms. The largest absolute Gasteiger partial charge is 0.493 e. The number of rotatable bonds is 6. The molecule has 0 bridgehead atoms. The third-order valence-electron chi connectivity index (χ3n) is 3.26. The van der Waals surface area contributed by atoms with Crippen LogP contribution >= 0.6 is 15.9 Å². The highest BCUT2D eigenvalue weighted by molar-refractivity contribution is 9.10. The zero-order valence-electron chi connectivity index (χ0n) is 13.0. The molecular formula is C17H15BrN4O2. The number of halogens is 1. The van der Waals surface area contributed by atoms with E-state index in [0.717, 1.165) is 15.6 Å². The van der Waals surface area contributed by atoms with Crippen molar-refractivity contribution < 1.29 is 9.47 Å². The molecule has 0 fully saturated rings. The second kappa shape index (κ2) is 7.74. The summed E-state index contributed by atoms with van der Waals surface area (Å²) in [6, 6.07) is 13.7. The molecule has 1 heterocycles. The summed E-state index contributed by atoms with van der Waals surface area (Å²) in [7, 11) is 1.61. The van der Waals surface area contributed by atoms with E-state index in [1.54, 1.807) is 13.3 Å². The van der Waals surface area contributed by atoms with Crippen LogP contribution in [-0.4, -0.2) is 28.2 Å². The Labute approximate surface area is 147 Å². The van der Waals surface area contributed by atoms with Gasteiger partial charge in [0.25, 0.3) is 0 Å². The maximum Gasteiger partial charge on any atom is 0.162 e. The molecule has 1 aromatic heterocycles. The van der Waals surface area contributed by atoms with Gasteiger partial charge in [-0.2, -0.15) is 5.10 Å². The van der Waals surface area contributed by atoms with Crippen LogP contribution in [0.2, 0.25) is 0 Å². The highest BCUT2D eigenvalue weighted by Gasteiger charge is 2.10. The molecule has 0 spiro atoms. The molecule has 0 aliphatic heterocycles. The molecule has 0 aliphatic carbocycles. The Morgan fingerprint density at radius 3 is 2.58 bits per heavy atom. The number of aromatic nitrogens is 3. The van der Waals surface area contributed by atoms with Crippen molar-refractivity contribution in [3.8, 4) is 11.5 Å². The molecule has 122 valence electrons. The van der Waals surface area contributed by atoms with Crippen LogP contribution in [0.3, 0.4) is 0 Å². The van der Waals surface area contributed by atoms with Crippen molar-refractivity contribution in [2.24, 2.45) is 5.10 Å². The third-order valence-corrected chi connectivity index (χ3v) is 3.94. The predicted molar refractivity (Wildman–Crippen MR) is 94.5 cm³/mol. The van der Waals surface area contributed by atoms with E-state index < -0.39 is 0 Å². The summed E-state index contributed by atoms with van der Waals surface area (Å²) in [6.45, 7) is 0.470. The van der Waals surface area contributed by atoms with Crippen LogP contribution in [0.4, 0.5) is 0 Å². The first-order valence-corrected chi connectivity index (χ1v) is 7.99. The Balaban J connectivity index is 1.79. The molecule has 24 heavy (non-hydrogen) atoms. The fraction of sp³-hybridized carbons (Fsp3) is 0.118. The molecule has 0 atom stereocenters. The summed E-state index contributed by atoms with van der Waals surface area (Å²) < 4.78 is 13.7. The van der Waals surface area contributed by atoms with E-state index in [2.05, 4.69) is 31.2 Å². The minimum absolute atomic E-state index is 0.470. The Bertz CT molecular complexity index is 820. The monoisotopic (exact) mass is 386 g/mol. The van der Waals surface area contributed by atoms with Gasteiger partial charge >= 0.3 is 0 Å². The van der Waals surface area contributed by atoms with Crippen LogP contribution < -0.4 is 9.47 Å². The van der Waals surface area contributed by atoms with E-state index in [1.165, 1.54) is 17.3 Å². The number of hydrogen-bond acceptors (Lipinski definition) is 5. The molecule has 3 rings (SSSR count). The van der Waals surface area contributed by atoms with Crippen LogP contribution in [0.25, 0.3) is 0 Å². The zero-order chi connectivity index (χ0) is 16.8. The third kappa shape index (κ3) is 3.99. The Morgan fingerprint density at radius 2 is 1.88 bits per heavy atom. The molecule has 0 amide bonds. The molecule has 0 N–H and O–H groups in total. The van der Waals surface area contributed by atoms with Crippen molar-refractivity contribution in [2.75, 3.05) is 7.11 Å². The fourth-order valence-corrected chi connectivity index (χ4v) is 2.47. The molecule has 0 radical (unpaired) electrons. The van der Waals surface area contributed by atoms with Crippen LogP contribution in [0.5, 0.6) is 11.5 Å². The van der Waals surface area contributed by atoms with Gasteiger partial charge in [-0.25, -0.2) is 4.68 Å². The lowest BCUT2D eigenvalue weighted by Gasteiger charge is -2.12. The van der Waals surface area contributed by atoms with E-state index in [9.17, 15) is 0 Å². The lowest BCUT2D eigenvalue weighted by molar-refractivity contribution is 0.284. The number of hydrogen-bond donors (Lipinski definition) is 0.